The highest BCUT2D eigenvalue weighted by Crippen LogP contribution is 2.51. The van der Waals surface area contributed by atoms with Gasteiger partial charge in [0.25, 0.3) is 0 Å². The molecule has 16 heteroatoms. The number of esters is 2. The zero-order chi connectivity index (χ0) is 42.9. The first-order valence-corrected chi connectivity index (χ1v) is 20.4. The first-order chi connectivity index (χ1) is 26.5. The van der Waals surface area contributed by atoms with E-state index in [4.69, 9.17) is 42.6 Å². The maximum absolute atomic E-state index is 14.2. The fraction of sp³-hybridized carbons (Fsp3) is 0.927. The Morgan fingerprint density at radius 2 is 1.49 bits per heavy atom. The number of fused-ring (bicyclic) bond motifs is 1. The Bertz CT molecular complexity index is 1390. The molecule has 1 aliphatic carbocycles. The normalized spacial score (nSPS) is 47.5. The lowest BCUT2D eigenvalue weighted by molar-refractivity contribution is -0.322. The Kier molecular flexibility index (Phi) is 15.8. The standard InChI is InChI=1S/C41H71NO15/c1-20-18-40(9,51-14)35(57-38-32(52-16-15-28(43)49-12)27(42(10)11)17-21(2)53-38)23(4)31(55-29-19-39(8,50-13)34(46)26(7)54-29)24(5)37(47)56-36-25(6)41(36,48)33(45)22(3)30(20)44/h20-27,29,31-36,38,45-46,48H,15-19H2,1-14H3/t20-,21-,22?,23+,24-,25?,26+,27+,29+,31+,32-,33-,34+,35-,36-,38+,39-,40+,41+/m1/s1. The fourth-order valence-electron chi connectivity index (χ4n) is 9.37. The van der Waals surface area contributed by atoms with Crippen LogP contribution < -0.4 is 0 Å². The van der Waals surface area contributed by atoms with Crippen LogP contribution in [0.5, 0.6) is 0 Å². The maximum atomic E-state index is 14.2. The third kappa shape index (κ3) is 9.88. The van der Waals surface area contributed by atoms with Crippen LogP contribution in [-0.4, -0.2) is 164 Å². The topological polar surface area (TPSA) is 198 Å². The van der Waals surface area contributed by atoms with Gasteiger partial charge in [-0.1, -0.05) is 27.7 Å². The molecule has 3 heterocycles. The summed E-state index contributed by atoms with van der Waals surface area (Å²) in [5.74, 6) is -5.52. The minimum atomic E-state index is -1.83. The Morgan fingerprint density at radius 3 is 2.07 bits per heavy atom. The van der Waals surface area contributed by atoms with E-state index in [-0.39, 0.29) is 43.8 Å². The van der Waals surface area contributed by atoms with Crippen molar-refractivity contribution in [3.63, 3.8) is 0 Å². The molecule has 4 fully saturated rings. The number of ether oxygens (including phenoxy) is 9. The van der Waals surface area contributed by atoms with Gasteiger partial charge >= 0.3 is 11.9 Å². The molecule has 0 aromatic rings. The van der Waals surface area contributed by atoms with Gasteiger partial charge in [0.15, 0.2) is 12.6 Å². The smallest absolute Gasteiger partial charge is 0.311 e. The van der Waals surface area contributed by atoms with Crippen LogP contribution in [0.4, 0.5) is 0 Å². The second-order valence-corrected chi connectivity index (χ2v) is 17.8. The molecule has 0 radical (unpaired) electrons. The van der Waals surface area contributed by atoms with Crippen LogP contribution in [-0.2, 0) is 57.0 Å². The predicted octanol–water partition coefficient (Wildman–Crippen LogP) is 2.25. The largest absolute Gasteiger partial charge is 0.469 e. The number of aliphatic hydroxyl groups excluding tert-OH is 2. The van der Waals surface area contributed by atoms with Crippen molar-refractivity contribution in [2.75, 3.05) is 42.0 Å². The molecule has 3 saturated heterocycles. The van der Waals surface area contributed by atoms with Crippen LogP contribution in [0, 0.1) is 29.6 Å². The molecule has 19 atom stereocenters. The third-order valence-corrected chi connectivity index (χ3v) is 13.5. The van der Waals surface area contributed by atoms with Crippen LogP contribution in [0.2, 0.25) is 0 Å². The van der Waals surface area contributed by atoms with Crippen molar-refractivity contribution in [1.29, 1.82) is 0 Å². The maximum Gasteiger partial charge on any atom is 0.311 e. The summed E-state index contributed by atoms with van der Waals surface area (Å²) in [6.07, 6.45) is -8.33. The van der Waals surface area contributed by atoms with Gasteiger partial charge in [0.2, 0.25) is 0 Å². The van der Waals surface area contributed by atoms with Crippen molar-refractivity contribution in [3.05, 3.63) is 0 Å². The monoisotopic (exact) mass is 817 g/mol. The quantitative estimate of drug-likeness (QED) is 0.257. The number of hydrogen-bond acceptors (Lipinski definition) is 16. The summed E-state index contributed by atoms with van der Waals surface area (Å²) < 4.78 is 55.9. The molecule has 0 bridgehead atoms. The highest BCUT2D eigenvalue weighted by molar-refractivity contribution is 5.84. The summed E-state index contributed by atoms with van der Waals surface area (Å²) in [5, 5.41) is 34.0. The van der Waals surface area contributed by atoms with Crippen molar-refractivity contribution in [2.45, 2.75) is 172 Å². The summed E-state index contributed by atoms with van der Waals surface area (Å²) in [6, 6.07) is -0.197. The molecule has 4 aliphatic rings. The van der Waals surface area contributed by atoms with Crippen molar-refractivity contribution in [3.8, 4) is 0 Å². The van der Waals surface area contributed by atoms with E-state index >= 15 is 0 Å². The number of carbonyl (C=O) groups excluding carboxylic acids is 3. The predicted molar refractivity (Wildman–Crippen MR) is 205 cm³/mol. The van der Waals surface area contributed by atoms with Crippen molar-refractivity contribution in [2.24, 2.45) is 29.6 Å². The van der Waals surface area contributed by atoms with Crippen LogP contribution in [0.1, 0.15) is 88.0 Å². The van der Waals surface area contributed by atoms with E-state index in [0.29, 0.717) is 6.42 Å². The highest BCUT2D eigenvalue weighted by atomic mass is 16.7. The SMILES string of the molecule is COC(=O)CCO[C@H]1[C@H](O[C@@H]2[C@@H](C)[C@H](O[C@H]3C[C@@](C)(OC)[C@@H](O)[C@H](C)O3)[C@@H](C)C(=O)O[C@@H]3C(C)[C@]3(O)[C@H](O)C(C)C(=O)[C@H](C)C[C@]2(C)OC)O[C@H](C)C[C@@H]1N(C)C. The second-order valence-electron chi connectivity index (χ2n) is 17.8. The number of methoxy groups -OCH3 is 3. The number of hydrogen-bond donors (Lipinski definition) is 3. The van der Waals surface area contributed by atoms with E-state index in [9.17, 15) is 29.7 Å². The first-order valence-electron chi connectivity index (χ1n) is 20.4. The summed E-state index contributed by atoms with van der Waals surface area (Å²) >= 11 is 0. The summed E-state index contributed by atoms with van der Waals surface area (Å²) in [6.45, 7) is 15.8. The molecular formula is C41H71NO15. The van der Waals surface area contributed by atoms with E-state index in [1.54, 1.807) is 41.5 Å². The van der Waals surface area contributed by atoms with Crippen molar-refractivity contribution < 1.29 is 72.3 Å². The van der Waals surface area contributed by atoms with Gasteiger partial charge in [-0.3, -0.25) is 14.4 Å². The molecule has 330 valence electrons. The molecule has 2 unspecified atom stereocenters. The van der Waals surface area contributed by atoms with E-state index in [2.05, 4.69) is 0 Å². The molecule has 16 nitrogen and oxygen atoms in total. The molecule has 0 aromatic heterocycles. The van der Waals surface area contributed by atoms with Gasteiger partial charge in [0.1, 0.15) is 29.7 Å². The lowest BCUT2D eigenvalue weighted by atomic mass is 9.75. The molecule has 3 N–H and O–H groups in total. The summed E-state index contributed by atoms with van der Waals surface area (Å²) in [7, 11) is 8.19. The van der Waals surface area contributed by atoms with Crippen LogP contribution in [0.15, 0.2) is 0 Å². The zero-order valence-electron chi connectivity index (χ0n) is 36.5. The van der Waals surface area contributed by atoms with Crippen molar-refractivity contribution >= 4 is 17.7 Å². The van der Waals surface area contributed by atoms with Gasteiger partial charge in [-0.25, -0.2) is 0 Å². The number of nitrogens with zero attached hydrogens (tertiary/aromatic N) is 1. The lowest BCUT2D eigenvalue weighted by Gasteiger charge is -2.50. The van der Waals surface area contributed by atoms with E-state index in [0.717, 1.165) is 0 Å². The highest BCUT2D eigenvalue weighted by Gasteiger charge is 2.70. The number of aliphatic hydroxyl groups is 3. The molecule has 0 aromatic carbocycles. The van der Waals surface area contributed by atoms with E-state index in [1.165, 1.54) is 21.3 Å². The number of Topliss-reactive ketones (excluding diaryl/α,β-unsaturated/α-hetero) is 1. The molecule has 57 heavy (non-hydrogen) atoms. The molecular weight excluding hydrogens is 746 g/mol. The molecule has 3 aliphatic heterocycles. The summed E-state index contributed by atoms with van der Waals surface area (Å²) in [4.78, 5) is 42.4. The van der Waals surface area contributed by atoms with Crippen LogP contribution >= 0.6 is 0 Å². The van der Waals surface area contributed by atoms with Gasteiger partial charge in [0.05, 0.1) is 67.8 Å². The number of likely N-dealkylation sites (N-methyl/N-ethyl adjacent to an activating group) is 1. The van der Waals surface area contributed by atoms with Gasteiger partial charge < -0.3 is 62.9 Å². The minimum absolute atomic E-state index is 0.00782. The van der Waals surface area contributed by atoms with E-state index in [1.807, 2.05) is 39.8 Å². The molecule has 0 amide bonds. The number of rotatable bonds is 11. The average Bonchev–Trinajstić information content (AvgIpc) is 3.70. The molecule has 4 rings (SSSR count). The zero-order valence-corrected chi connectivity index (χ0v) is 36.5. The Hall–Kier alpha value is -1.83. The summed E-state index contributed by atoms with van der Waals surface area (Å²) in [5.41, 5.74) is -4.14. The van der Waals surface area contributed by atoms with Crippen LogP contribution in [0.3, 0.4) is 0 Å². The first kappa shape index (κ1) is 47.8. The third-order valence-electron chi connectivity index (χ3n) is 13.5. The van der Waals surface area contributed by atoms with E-state index < -0.39 is 114 Å². The molecule has 0 spiro atoms. The lowest BCUT2D eigenvalue weighted by Crippen LogP contribution is -2.61. The molecule has 1 saturated carbocycles. The van der Waals surface area contributed by atoms with Crippen LogP contribution in [0.25, 0.3) is 0 Å². The Morgan fingerprint density at radius 1 is 0.860 bits per heavy atom. The van der Waals surface area contributed by atoms with Gasteiger partial charge in [0, 0.05) is 50.4 Å². The Labute approximate surface area is 338 Å². The van der Waals surface area contributed by atoms with Crippen molar-refractivity contribution in [1.82, 2.24) is 4.90 Å². The van der Waals surface area contributed by atoms with Gasteiger partial charge in [-0.2, -0.15) is 0 Å². The fourth-order valence-corrected chi connectivity index (χ4v) is 9.37. The number of ketones is 1. The Balaban J connectivity index is 1.85. The van der Waals surface area contributed by atoms with Gasteiger partial charge in [-0.15, -0.1) is 0 Å². The average molecular weight is 818 g/mol. The minimum Gasteiger partial charge on any atom is -0.469 e. The van der Waals surface area contributed by atoms with Gasteiger partial charge in [-0.05, 0) is 61.6 Å². The number of carbonyl (C=O) groups is 3. The second kappa shape index (κ2) is 18.8.